The highest BCUT2D eigenvalue weighted by Gasteiger charge is 2.20. The fraction of sp³-hybridized carbons (Fsp3) is 0.100. The summed E-state index contributed by atoms with van der Waals surface area (Å²) in [6.45, 7) is 3.37. The Labute approximate surface area is 84.6 Å². The Morgan fingerprint density at radius 2 is 2.20 bits per heavy atom. The van der Waals surface area contributed by atoms with E-state index in [9.17, 15) is 13.6 Å². The molecule has 3 nitrogen and oxygen atoms in total. The van der Waals surface area contributed by atoms with Crippen molar-refractivity contribution in [1.82, 2.24) is 0 Å². The van der Waals surface area contributed by atoms with Gasteiger partial charge in [-0.2, -0.15) is 0 Å². The number of halogens is 2. The van der Waals surface area contributed by atoms with E-state index in [1.54, 1.807) is 0 Å². The van der Waals surface area contributed by atoms with E-state index in [2.05, 4.69) is 6.58 Å². The number of carboxylic acid groups (broad SMARTS) is 1. The number of hydrogen-bond acceptors (Lipinski definition) is 2. The quantitative estimate of drug-likeness (QED) is 0.781. The topological polar surface area (TPSA) is 46.5 Å². The first-order valence-electron chi connectivity index (χ1n) is 4.03. The van der Waals surface area contributed by atoms with Gasteiger partial charge < -0.3 is 9.84 Å². The van der Waals surface area contributed by atoms with Crippen molar-refractivity contribution in [3.8, 4) is 5.75 Å². The second kappa shape index (κ2) is 4.54. The van der Waals surface area contributed by atoms with Crippen LogP contribution >= 0.6 is 0 Å². The van der Waals surface area contributed by atoms with Crippen molar-refractivity contribution < 1.29 is 23.4 Å². The van der Waals surface area contributed by atoms with Gasteiger partial charge in [0, 0.05) is 0 Å². The lowest BCUT2D eigenvalue weighted by Crippen LogP contribution is -2.07. The molecule has 1 aromatic carbocycles. The van der Waals surface area contributed by atoms with E-state index in [4.69, 9.17) is 9.84 Å². The third-order valence-electron chi connectivity index (χ3n) is 1.63. The minimum atomic E-state index is -1.58. The molecule has 1 rings (SSSR count). The molecule has 0 bridgehead atoms. The maximum Gasteiger partial charge on any atom is 0.342 e. The molecule has 15 heavy (non-hydrogen) atoms. The highest BCUT2D eigenvalue weighted by Crippen LogP contribution is 2.23. The highest BCUT2D eigenvalue weighted by atomic mass is 19.2. The molecule has 0 saturated heterocycles. The number of ether oxygens (including phenoxy) is 1. The molecule has 0 unspecified atom stereocenters. The van der Waals surface area contributed by atoms with Gasteiger partial charge in [0.1, 0.15) is 17.9 Å². The Bertz CT molecular complexity index is 402. The molecule has 0 fully saturated rings. The van der Waals surface area contributed by atoms with E-state index in [0.29, 0.717) is 0 Å². The lowest BCUT2D eigenvalue weighted by molar-refractivity contribution is 0.0686. The molecule has 1 N–H and O–H groups in total. The van der Waals surface area contributed by atoms with E-state index in [-0.39, 0.29) is 12.4 Å². The van der Waals surface area contributed by atoms with E-state index < -0.39 is 23.2 Å². The first-order chi connectivity index (χ1) is 7.07. The summed E-state index contributed by atoms with van der Waals surface area (Å²) in [7, 11) is 0. The van der Waals surface area contributed by atoms with Crippen molar-refractivity contribution in [2.75, 3.05) is 6.61 Å². The molecule has 0 aliphatic carbocycles. The van der Waals surface area contributed by atoms with E-state index in [1.807, 2.05) is 0 Å². The van der Waals surface area contributed by atoms with Gasteiger partial charge in [0.2, 0.25) is 0 Å². The Hall–Kier alpha value is -1.91. The van der Waals surface area contributed by atoms with Gasteiger partial charge in [-0.05, 0) is 12.1 Å². The van der Waals surface area contributed by atoms with Crippen molar-refractivity contribution >= 4 is 5.97 Å². The lowest BCUT2D eigenvalue weighted by Gasteiger charge is -2.07. The largest absolute Gasteiger partial charge is 0.489 e. The third kappa shape index (κ3) is 2.31. The summed E-state index contributed by atoms with van der Waals surface area (Å²) in [6, 6.07) is 1.87. The molecule has 1 aromatic rings. The molecule has 80 valence electrons. The SMILES string of the molecule is C=CCOc1ccc(F)c(F)c1C(=O)O. The van der Waals surface area contributed by atoms with Crippen molar-refractivity contribution in [3.05, 3.63) is 42.0 Å². The Kier molecular flexibility index (Phi) is 3.38. The number of aromatic carboxylic acids is 1. The summed E-state index contributed by atoms with van der Waals surface area (Å²) in [5, 5.41) is 8.66. The fourth-order valence-corrected chi connectivity index (χ4v) is 1.00. The molecule has 0 aliphatic heterocycles. The summed E-state index contributed by atoms with van der Waals surface area (Å²) in [6.07, 6.45) is 1.37. The first kappa shape index (κ1) is 11.2. The molecule has 0 spiro atoms. The molecular weight excluding hydrogens is 206 g/mol. The molecule has 0 aliphatic rings. The summed E-state index contributed by atoms with van der Waals surface area (Å²) < 4.78 is 30.7. The lowest BCUT2D eigenvalue weighted by atomic mass is 10.2. The van der Waals surface area contributed by atoms with Gasteiger partial charge in [-0.25, -0.2) is 13.6 Å². The summed E-state index contributed by atoms with van der Waals surface area (Å²) >= 11 is 0. The van der Waals surface area contributed by atoms with Gasteiger partial charge in [0.05, 0.1) is 0 Å². The molecule has 0 heterocycles. The molecule has 0 radical (unpaired) electrons. The number of benzene rings is 1. The smallest absolute Gasteiger partial charge is 0.342 e. The van der Waals surface area contributed by atoms with Crippen molar-refractivity contribution in [1.29, 1.82) is 0 Å². The predicted molar refractivity (Wildman–Crippen MR) is 49.0 cm³/mol. The van der Waals surface area contributed by atoms with Gasteiger partial charge in [-0.3, -0.25) is 0 Å². The third-order valence-corrected chi connectivity index (χ3v) is 1.63. The first-order valence-corrected chi connectivity index (χ1v) is 4.03. The van der Waals surface area contributed by atoms with Crippen LogP contribution in [0.4, 0.5) is 8.78 Å². The minimum absolute atomic E-state index is 0.0192. The standard InChI is InChI=1S/C10H8F2O3/c1-2-5-15-7-4-3-6(11)9(12)8(7)10(13)14/h2-4H,1,5H2,(H,13,14). The number of carboxylic acids is 1. The normalized spacial score (nSPS) is 9.73. The number of rotatable bonds is 4. The van der Waals surface area contributed by atoms with Crippen LogP contribution in [0, 0.1) is 11.6 Å². The number of carbonyl (C=O) groups is 1. The second-order valence-corrected chi connectivity index (χ2v) is 2.64. The van der Waals surface area contributed by atoms with Crippen LogP contribution in [0.3, 0.4) is 0 Å². The van der Waals surface area contributed by atoms with Crippen LogP contribution in [-0.2, 0) is 0 Å². The Morgan fingerprint density at radius 1 is 1.53 bits per heavy atom. The van der Waals surface area contributed by atoms with E-state index in [0.717, 1.165) is 12.1 Å². The summed E-state index contributed by atoms with van der Waals surface area (Å²) in [5.74, 6) is -4.45. The average Bonchev–Trinajstić information content (AvgIpc) is 2.19. The predicted octanol–water partition coefficient (Wildman–Crippen LogP) is 2.23. The summed E-state index contributed by atoms with van der Waals surface area (Å²) in [4.78, 5) is 10.6. The Morgan fingerprint density at radius 3 is 2.73 bits per heavy atom. The highest BCUT2D eigenvalue weighted by molar-refractivity contribution is 5.91. The van der Waals surface area contributed by atoms with Crippen molar-refractivity contribution in [2.24, 2.45) is 0 Å². The average molecular weight is 214 g/mol. The van der Waals surface area contributed by atoms with E-state index >= 15 is 0 Å². The van der Waals surface area contributed by atoms with Crippen LogP contribution in [0.2, 0.25) is 0 Å². The van der Waals surface area contributed by atoms with Gasteiger partial charge in [-0.15, -0.1) is 0 Å². The van der Waals surface area contributed by atoms with Crippen molar-refractivity contribution in [3.63, 3.8) is 0 Å². The van der Waals surface area contributed by atoms with Crippen LogP contribution in [0.5, 0.6) is 5.75 Å². The number of hydrogen-bond donors (Lipinski definition) is 1. The van der Waals surface area contributed by atoms with Gasteiger partial charge in [0.25, 0.3) is 0 Å². The fourth-order valence-electron chi connectivity index (χ4n) is 1.00. The zero-order chi connectivity index (χ0) is 11.4. The molecule has 5 heteroatoms. The second-order valence-electron chi connectivity index (χ2n) is 2.64. The molecule has 0 saturated carbocycles. The van der Waals surface area contributed by atoms with Crippen LogP contribution in [-0.4, -0.2) is 17.7 Å². The van der Waals surface area contributed by atoms with Crippen LogP contribution in [0.25, 0.3) is 0 Å². The van der Waals surface area contributed by atoms with Gasteiger partial charge in [-0.1, -0.05) is 12.7 Å². The Balaban J connectivity index is 3.20. The van der Waals surface area contributed by atoms with Crippen LogP contribution in [0.1, 0.15) is 10.4 Å². The van der Waals surface area contributed by atoms with Crippen LogP contribution < -0.4 is 4.74 Å². The van der Waals surface area contributed by atoms with Crippen molar-refractivity contribution in [2.45, 2.75) is 0 Å². The van der Waals surface area contributed by atoms with Crippen LogP contribution in [0.15, 0.2) is 24.8 Å². The maximum absolute atomic E-state index is 13.1. The van der Waals surface area contributed by atoms with Gasteiger partial charge in [0.15, 0.2) is 11.6 Å². The molecular formula is C10H8F2O3. The molecule has 0 amide bonds. The minimum Gasteiger partial charge on any atom is -0.489 e. The monoisotopic (exact) mass is 214 g/mol. The maximum atomic E-state index is 13.1. The molecule has 0 atom stereocenters. The molecule has 0 aromatic heterocycles. The van der Waals surface area contributed by atoms with E-state index in [1.165, 1.54) is 6.08 Å². The zero-order valence-corrected chi connectivity index (χ0v) is 7.67. The summed E-state index contributed by atoms with van der Waals surface area (Å²) in [5.41, 5.74) is -0.808. The van der Waals surface area contributed by atoms with Gasteiger partial charge >= 0.3 is 5.97 Å². The zero-order valence-electron chi connectivity index (χ0n) is 7.67.